The van der Waals surface area contributed by atoms with Gasteiger partial charge in [0, 0.05) is 54.5 Å². The molecule has 3 aromatic rings. The molecule has 0 aliphatic carbocycles. The fourth-order valence-electron chi connectivity index (χ4n) is 3.96. The number of fused-ring (bicyclic) bond motifs is 1. The fourth-order valence-corrected chi connectivity index (χ4v) is 4.64. The number of nitrogens with one attached hydrogen (secondary N) is 2. The number of carbonyl (C=O) groups is 2. The number of aromatic amines is 1. The Bertz CT molecular complexity index is 1160. The van der Waals surface area contributed by atoms with Gasteiger partial charge in [-0.25, -0.2) is 0 Å². The number of likely N-dealkylation sites (N-methyl/N-ethyl adjacent to an activating group) is 1. The number of hydrogen-bond donors (Lipinski definition) is 2. The van der Waals surface area contributed by atoms with E-state index in [0.717, 1.165) is 65.5 Å². The maximum absolute atomic E-state index is 11.8. The van der Waals surface area contributed by atoms with Gasteiger partial charge in [-0.3, -0.25) is 14.9 Å². The minimum atomic E-state index is -0.334. The first-order chi connectivity index (χ1) is 14.6. The van der Waals surface area contributed by atoms with Gasteiger partial charge in [-0.05, 0) is 60.3 Å². The molecule has 2 saturated heterocycles. The van der Waals surface area contributed by atoms with E-state index in [0.29, 0.717) is 4.91 Å². The highest BCUT2D eigenvalue weighted by Gasteiger charge is 2.25. The van der Waals surface area contributed by atoms with E-state index in [4.69, 9.17) is 0 Å². The van der Waals surface area contributed by atoms with Crippen LogP contribution in [-0.4, -0.2) is 54.3 Å². The first kappa shape index (κ1) is 19.0. The molecule has 2 aromatic carbocycles. The summed E-state index contributed by atoms with van der Waals surface area (Å²) in [5.74, 6) is -0.334. The lowest BCUT2D eigenvalue weighted by Gasteiger charge is -2.34. The lowest BCUT2D eigenvalue weighted by atomic mass is 10.0. The molecule has 5 rings (SSSR count). The van der Waals surface area contributed by atoms with Gasteiger partial charge < -0.3 is 14.8 Å². The lowest BCUT2D eigenvalue weighted by molar-refractivity contribution is -0.115. The van der Waals surface area contributed by atoms with Crippen molar-refractivity contribution in [2.75, 3.05) is 38.1 Å². The summed E-state index contributed by atoms with van der Waals surface area (Å²) in [4.78, 5) is 31.8. The van der Waals surface area contributed by atoms with E-state index in [1.54, 1.807) is 6.08 Å². The topological polar surface area (TPSA) is 68.4 Å². The Kier molecular flexibility index (Phi) is 4.84. The van der Waals surface area contributed by atoms with E-state index in [9.17, 15) is 9.59 Å². The summed E-state index contributed by atoms with van der Waals surface area (Å²) < 4.78 is 0. The van der Waals surface area contributed by atoms with Gasteiger partial charge in [0.15, 0.2) is 0 Å². The van der Waals surface area contributed by atoms with Gasteiger partial charge in [0.05, 0.1) is 4.91 Å². The Morgan fingerprint density at radius 3 is 2.47 bits per heavy atom. The Morgan fingerprint density at radius 2 is 1.77 bits per heavy atom. The number of anilines is 1. The zero-order chi connectivity index (χ0) is 20.7. The number of H-pyrrole nitrogens is 1. The monoisotopic (exact) mass is 418 g/mol. The molecule has 0 atom stereocenters. The summed E-state index contributed by atoms with van der Waals surface area (Å²) in [7, 11) is 2.16. The van der Waals surface area contributed by atoms with Crippen molar-refractivity contribution in [2.45, 2.75) is 0 Å². The summed E-state index contributed by atoms with van der Waals surface area (Å²) in [6.07, 6.45) is 3.78. The second-order valence-electron chi connectivity index (χ2n) is 7.70. The average molecular weight is 419 g/mol. The first-order valence-electron chi connectivity index (χ1n) is 9.97. The molecule has 152 valence electrons. The number of hydrogen-bond acceptors (Lipinski definition) is 5. The molecule has 1 aromatic heterocycles. The second-order valence-corrected chi connectivity index (χ2v) is 8.71. The van der Waals surface area contributed by atoms with E-state index in [-0.39, 0.29) is 11.1 Å². The molecule has 2 aliphatic rings. The number of carbonyl (C=O) groups excluding carboxylic acids is 2. The minimum absolute atomic E-state index is 0.324. The lowest BCUT2D eigenvalue weighted by Crippen LogP contribution is -2.44. The molecule has 0 unspecified atom stereocenters. The summed E-state index contributed by atoms with van der Waals surface area (Å²) in [5.41, 5.74) is 5.45. The molecule has 2 fully saturated rings. The van der Waals surface area contributed by atoms with Crippen molar-refractivity contribution in [1.82, 2.24) is 15.2 Å². The van der Waals surface area contributed by atoms with Gasteiger partial charge in [0.25, 0.3) is 11.1 Å². The van der Waals surface area contributed by atoms with Crippen LogP contribution in [0, 0.1) is 0 Å². The van der Waals surface area contributed by atoms with Gasteiger partial charge in [-0.2, -0.15) is 0 Å². The molecular formula is C23H22N4O2S. The number of thioether (sulfide) groups is 1. The van der Waals surface area contributed by atoms with Crippen LogP contribution in [0.1, 0.15) is 5.56 Å². The highest BCUT2D eigenvalue weighted by molar-refractivity contribution is 8.18. The van der Waals surface area contributed by atoms with Crippen molar-refractivity contribution in [1.29, 1.82) is 0 Å². The maximum Gasteiger partial charge on any atom is 0.290 e. The number of nitrogens with zero attached hydrogens (tertiary/aromatic N) is 2. The molecule has 0 radical (unpaired) electrons. The molecule has 2 aliphatic heterocycles. The minimum Gasteiger partial charge on any atom is -0.369 e. The van der Waals surface area contributed by atoms with Crippen LogP contribution in [0.3, 0.4) is 0 Å². The Labute approximate surface area is 178 Å². The van der Waals surface area contributed by atoms with Gasteiger partial charge in [0.1, 0.15) is 0 Å². The Balaban J connectivity index is 1.44. The van der Waals surface area contributed by atoms with E-state index in [2.05, 4.69) is 57.5 Å². The predicted octanol–water partition coefficient (Wildman–Crippen LogP) is 3.91. The fraction of sp³-hybridized carbons (Fsp3) is 0.217. The SMILES string of the molecule is CN1CCN(c2ccc(-c3c[nH]c4ccc(/C=C5\SC(=O)NC5=O)cc34)cc2)CC1. The summed E-state index contributed by atoms with van der Waals surface area (Å²) in [6.45, 7) is 4.28. The number of benzene rings is 2. The molecule has 2 N–H and O–H groups in total. The van der Waals surface area contributed by atoms with Gasteiger partial charge in [0.2, 0.25) is 0 Å². The first-order valence-corrected chi connectivity index (χ1v) is 10.8. The third-order valence-electron chi connectivity index (χ3n) is 5.69. The van der Waals surface area contributed by atoms with Crippen LogP contribution in [0.2, 0.25) is 0 Å². The normalized spacial score (nSPS) is 19.1. The van der Waals surface area contributed by atoms with E-state index >= 15 is 0 Å². The van der Waals surface area contributed by atoms with Crippen molar-refractivity contribution in [3.8, 4) is 11.1 Å². The molecule has 6 nitrogen and oxygen atoms in total. The van der Waals surface area contributed by atoms with Crippen molar-refractivity contribution >= 4 is 45.6 Å². The molecule has 3 heterocycles. The largest absolute Gasteiger partial charge is 0.369 e. The van der Waals surface area contributed by atoms with Crippen molar-refractivity contribution in [2.24, 2.45) is 0 Å². The van der Waals surface area contributed by atoms with Crippen LogP contribution in [0.25, 0.3) is 28.1 Å². The number of rotatable bonds is 3. The zero-order valence-electron chi connectivity index (χ0n) is 16.6. The molecule has 0 saturated carbocycles. The van der Waals surface area contributed by atoms with E-state index in [1.165, 1.54) is 5.69 Å². The van der Waals surface area contributed by atoms with Crippen molar-refractivity contribution in [3.63, 3.8) is 0 Å². The van der Waals surface area contributed by atoms with Crippen LogP contribution in [0.5, 0.6) is 0 Å². The molecule has 0 bridgehead atoms. The Hall–Kier alpha value is -3.03. The summed E-state index contributed by atoms with van der Waals surface area (Å²) in [6, 6.07) is 14.7. The number of aromatic nitrogens is 1. The molecule has 2 amide bonds. The zero-order valence-corrected chi connectivity index (χ0v) is 17.5. The van der Waals surface area contributed by atoms with E-state index in [1.807, 2.05) is 18.3 Å². The molecule has 0 spiro atoms. The summed E-state index contributed by atoms with van der Waals surface area (Å²) in [5, 5.41) is 3.06. The number of piperazine rings is 1. The van der Waals surface area contributed by atoms with Crippen molar-refractivity contribution in [3.05, 3.63) is 59.1 Å². The molecule has 30 heavy (non-hydrogen) atoms. The van der Waals surface area contributed by atoms with Crippen LogP contribution < -0.4 is 10.2 Å². The van der Waals surface area contributed by atoms with Gasteiger partial charge in [-0.1, -0.05) is 18.2 Å². The van der Waals surface area contributed by atoms with Gasteiger partial charge >= 0.3 is 0 Å². The molecular weight excluding hydrogens is 396 g/mol. The predicted molar refractivity (Wildman–Crippen MR) is 123 cm³/mol. The second kappa shape index (κ2) is 7.66. The Morgan fingerprint density at radius 1 is 1.00 bits per heavy atom. The van der Waals surface area contributed by atoms with Crippen LogP contribution in [0.4, 0.5) is 10.5 Å². The van der Waals surface area contributed by atoms with Crippen LogP contribution in [-0.2, 0) is 4.79 Å². The van der Waals surface area contributed by atoms with Crippen LogP contribution >= 0.6 is 11.8 Å². The van der Waals surface area contributed by atoms with E-state index < -0.39 is 0 Å². The average Bonchev–Trinajstić information content (AvgIpc) is 3.31. The highest BCUT2D eigenvalue weighted by Crippen LogP contribution is 2.32. The standard InChI is InChI=1S/C23H22N4O2S/c1-26-8-10-27(11-9-26)17-5-3-16(4-6-17)19-14-24-20-7-2-15(12-18(19)20)13-21-22(28)25-23(29)30-21/h2-7,12-14,24H,8-11H2,1H3,(H,25,28,29)/b21-13-. The molecule has 7 heteroatoms. The quantitative estimate of drug-likeness (QED) is 0.631. The third kappa shape index (κ3) is 3.62. The summed E-state index contributed by atoms with van der Waals surface area (Å²) >= 11 is 0.938. The van der Waals surface area contributed by atoms with Gasteiger partial charge in [-0.15, -0.1) is 0 Å². The smallest absolute Gasteiger partial charge is 0.290 e. The third-order valence-corrected chi connectivity index (χ3v) is 6.50. The van der Waals surface area contributed by atoms with Crippen LogP contribution in [0.15, 0.2) is 53.6 Å². The number of imide groups is 1. The highest BCUT2D eigenvalue weighted by atomic mass is 32.2. The maximum atomic E-state index is 11.8. The number of amides is 2. The van der Waals surface area contributed by atoms with Crippen molar-refractivity contribution < 1.29 is 9.59 Å².